The van der Waals surface area contributed by atoms with Crippen LogP contribution in [0.4, 0.5) is 0 Å². The highest BCUT2D eigenvalue weighted by Gasteiger charge is 2.18. The molecular formula is C19H15ClN4O. The van der Waals surface area contributed by atoms with Gasteiger partial charge in [-0.1, -0.05) is 17.5 Å². The van der Waals surface area contributed by atoms with Crippen molar-refractivity contribution in [2.45, 2.75) is 13.8 Å². The first-order chi connectivity index (χ1) is 12.0. The molecule has 0 radical (unpaired) electrons. The molecule has 6 heteroatoms. The number of nitrogens with two attached hydrogens (primary N) is 1. The lowest BCUT2D eigenvalue weighted by Gasteiger charge is -2.07. The number of amides is 1. The Kier molecular flexibility index (Phi) is 4.55. The van der Waals surface area contributed by atoms with Crippen molar-refractivity contribution in [1.82, 2.24) is 14.5 Å². The van der Waals surface area contributed by atoms with Crippen molar-refractivity contribution < 1.29 is 4.79 Å². The van der Waals surface area contributed by atoms with Crippen LogP contribution in [-0.4, -0.2) is 20.4 Å². The highest BCUT2D eigenvalue weighted by molar-refractivity contribution is 6.30. The lowest BCUT2D eigenvalue weighted by Crippen LogP contribution is -2.18. The predicted octanol–water partition coefficient (Wildman–Crippen LogP) is 3.04. The lowest BCUT2D eigenvalue weighted by atomic mass is 10.2. The van der Waals surface area contributed by atoms with Crippen LogP contribution in [0.3, 0.4) is 0 Å². The molecular weight excluding hydrogens is 336 g/mol. The number of hydrogen-bond acceptors (Lipinski definition) is 3. The van der Waals surface area contributed by atoms with Gasteiger partial charge in [0.25, 0.3) is 5.91 Å². The quantitative estimate of drug-likeness (QED) is 0.722. The number of rotatable bonds is 2. The molecule has 1 amide bonds. The number of imidazole rings is 1. The van der Waals surface area contributed by atoms with Gasteiger partial charge < -0.3 is 5.73 Å². The molecule has 2 N–H and O–H groups in total. The number of aryl methyl sites for hydroxylation is 1. The molecule has 2 heterocycles. The summed E-state index contributed by atoms with van der Waals surface area (Å²) in [6.45, 7) is 3.73. The van der Waals surface area contributed by atoms with Crippen LogP contribution in [0.5, 0.6) is 0 Å². The van der Waals surface area contributed by atoms with Crippen molar-refractivity contribution in [3.05, 3.63) is 76.1 Å². The molecule has 25 heavy (non-hydrogen) atoms. The monoisotopic (exact) mass is 350 g/mol. The molecule has 0 saturated carbocycles. The molecule has 3 rings (SSSR count). The van der Waals surface area contributed by atoms with E-state index in [1.54, 1.807) is 22.9 Å². The van der Waals surface area contributed by atoms with Gasteiger partial charge in [-0.2, -0.15) is 0 Å². The first kappa shape index (κ1) is 16.7. The van der Waals surface area contributed by atoms with Crippen LogP contribution in [0, 0.1) is 25.7 Å². The Hall–Kier alpha value is -3.10. The molecule has 2 aromatic heterocycles. The zero-order valence-corrected chi connectivity index (χ0v) is 14.5. The summed E-state index contributed by atoms with van der Waals surface area (Å²) in [5.41, 5.74) is 9.09. The summed E-state index contributed by atoms with van der Waals surface area (Å²) < 4.78 is 1.67. The van der Waals surface area contributed by atoms with Gasteiger partial charge in [0.1, 0.15) is 5.69 Å². The Morgan fingerprint density at radius 1 is 1.12 bits per heavy atom. The Balaban J connectivity index is 2.08. The highest BCUT2D eigenvalue weighted by atomic mass is 35.5. The molecule has 0 aliphatic carbocycles. The summed E-state index contributed by atoms with van der Waals surface area (Å²) in [6.07, 6.45) is 1.67. The van der Waals surface area contributed by atoms with E-state index in [-0.39, 0.29) is 5.82 Å². The average molecular weight is 351 g/mol. The maximum Gasteiger partial charge on any atom is 0.285 e. The number of nitrogens with zero attached hydrogens (tertiary/aromatic N) is 3. The molecule has 0 aliphatic rings. The molecule has 0 saturated heterocycles. The van der Waals surface area contributed by atoms with Crippen molar-refractivity contribution in [3.8, 4) is 17.5 Å². The maximum absolute atomic E-state index is 11.8. The third kappa shape index (κ3) is 3.54. The van der Waals surface area contributed by atoms with Crippen LogP contribution in [0.15, 0.2) is 42.6 Å². The van der Waals surface area contributed by atoms with Crippen molar-refractivity contribution in [3.63, 3.8) is 0 Å². The molecule has 0 bridgehead atoms. The summed E-state index contributed by atoms with van der Waals surface area (Å²) in [5, 5.41) is 0.647. The van der Waals surface area contributed by atoms with E-state index >= 15 is 0 Å². The molecule has 124 valence electrons. The second-order valence-electron chi connectivity index (χ2n) is 5.48. The molecule has 0 spiro atoms. The SMILES string of the molecule is Cc1ccc(-n2c(C(N)=O)nc(C#Cc3ccc(Cl)cc3)c2C)cn1. The van der Waals surface area contributed by atoms with Crippen molar-refractivity contribution >= 4 is 17.5 Å². The topological polar surface area (TPSA) is 73.8 Å². The van der Waals surface area contributed by atoms with E-state index in [1.165, 1.54) is 0 Å². The van der Waals surface area contributed by atoms with Crippen LogP contribution in [0.25, 0.3) is 5.69 Å². The fraction of sp³-hybridized carbons (Fsp3) is 0.105. The minimum Gasteiger partial charge on any atom is -0.363 e. The maximum atomic E-state index is 11.8. The smallest absolute Gasteiger partial charge is 0.285 e. The normalized spacial score (nSPS) is 10.2. The first-order valence-electron chi connectivity index (χ1n) is 7.55. The molecule has 3 aromatic rings. The number of halogens is 1. The zero-order valence-electron chi connectivity index (χ0n) is 13.7. The van der Waals surface area contributed by atoms with Crippen molar-refractivity contribution in [2.75, 3.05) is 0 Å². The molecule has 0 aliphatic heterocycles. The second kappa shape index (κ2) is 6.80. The Morgan fingerprint density at radius 3 is 2.44 bits per heavy atom. The fourth-order valence-electron chi connectivity index (χ4n) is 2.36. The van der Waals surface area contributed by atoms with Gasteiger partial charge in [0.05, 0.1) is 17.6 Å². The van der Waals surface area contributed by atoms with Gasteiger partial charge >= 0.3 is 0 Å². The molecule has 0 atom stereocenters. The van der Waals surface area contributed by atoms with Crippen LogP contribution >= 0.6 is 11.6 Å². The van der Waals surface area contributed by atoms with Crippen LogP contribution in [-0.2, 0) is 0 Å². The van der Waals surface area contributed by atoms with Crippen LogP contribution < -0.4 is 5.73 Å². The van der Waals surface area contributed by atoms with Crippen LogP contribution in [0.1, 0.15) is 33.3 Å². The number of pyridine rings is 1. The van der Waals surface area contributed by atoms with Gasteiger partial charge in [-0.25, -0.2) is 4.98 Å². The number of aromatic nitrogens is 3. The minimum absolute atomic E-state index is 0.128. The van der Waals surface area contributed by atoms with E-state index < -0.39 is 5.91 Å². The Morgan fingerprint density at radius 2 is 1.84 bits per heavy atom. The second-order valence-corrected chi connectivity index (χ2v) is 5.92. The number of primary amides is 1. The zero-order chi connectivity index (χ0) is 18.0. The lowest BCUT2D eigenvalue weighted by molar-refractivity contribution is 0.0988. The molecule has 1 aromatic carbocycles. The van der Waals surface area contributed by atoms with Gasteiger partial charge in [-0.05, 0) is 56.2 Å². The summed E-state index contributed by atoms with van der Waals surface area (Å²) >= 11 is 5.87. The molecule has 0 fully saturated rings. The summed E-state index contributed by atoms with van der Waals surface area (Å²) in [4.78, 5) is 20.4. The van der Waals surface area contributed by atoms with E-state index in [0.717, 1.165) is 17.0 Å². The average Bonchev–Trinajstić information content (AvgIpc) is 2.92. The largest absolute Gasteiger partial charge is 0.363 e. The van der Waals surface area contributed by atoms with Crippen molar-refractivity contribution in [1.29, 1.82) is 0 Å². The van der Waals surface area contributed by atoms with Crippen molar-refractivity contribution in [2.24, 2.45) is 5.73 Å². The van der Waals surface area contributed by atoms with E-state index in [2.05, 4.69) is 21.8 Å². The van der Waals surface area contributed by atoms with E-state index in [1.807, 2.05) is 38.1 Å². The highest BCUT2D eigenvalue weighted by Crippen LogP contribution is 2.17. The third-order valence-electron chi connectivity index (χ3n) is 3.65. The third-order valence-corrected chi connectivity index (χ3v) is 3.90. The number of hydrogen-bond donors (Lipinski definition) is 1. The minimum atomic E-state index is -0.622. The first-order valence-corrected chi connectivity index (χ1v) is 7.93. The molecule has 5 nitrogen and oxygen atoms in total. The van der Waals surface area contributed by atoms with Gasteiger partial charge in [0, 0.05) is 16.3 Å². The van der Waals surface area contributed by atoms with Gasteiger partial charge in [0.2, 0.25) is 5.82 Å². The predicted molar refractivity (Wildman–Crippen MR) is 96.8 cm³/mol. The van der Waals surface area contributed by atoms with Gasteiger partial charge in [0.15, 0.2) is 0 Å². The molecule has 0 unspecified atom stereocenters. The number of carbonyl (C=O) groups is 1. The summed E-state index contributed by atoms with van der Waals surface area (Å²) in [6, 6.07) is 10.9. The van der Waals surface area contributed by atoms with E-state index in [0.29, 0.717) is 16.4 Å². The van der Waals surface area contributed by atoms with Crippen LogP contribution in [0.2, 0.25) is 5.02 Å². The number of carbonyl (C=O) groups excluding carboxylic acids is 1. The Bertz CT molecular complexity index is 993. The van der Waals surface area contributed by atoms with Gasteiger partial charge in [-0.15, -0.1) is 0 Å². The van der Waals surface area contributed by atoms with E-state index in [4.69, 9.17) is 17.3 Å². The van der Waals surface area contributed by atoms with E-state index in [9.17, 15) is 4.79 Å². The number of benzene rings is 1. The summed E-state index contributed by atoms with van der Waals surface area (Å²) in [5.74, 6) is 5.52. The summed E-state index contributed by atoms with van der Waals surface area (Å²) in [7, 11) is 0. The fourth-order valence-corrected chi connectivity index (χ4v) is 2.48. The standard InChI is InChI=1S/C19H15ClN4O/c1-12-3-9-16(11-22-12)24-13(2)17(23-19(24)18(21)25)10-6-14-4-7-15(20)8-5-14/h3-5,7-9,11H,1-2H3,(H2,21,25). The van der Waals surface area contributed by atoms with Gasteiger partial charge in [-0.3, -0.25) is 14.3 Å². The Labute approximate surface area is 150 Å².